The van der Waals surface area contributed by atoms with E-state index in [0.29, 0.717) is 79.3 Å². The molecular weight excluding hydrogens is 797 g/mol. The average Bonchev–Trinajstić information content (AvgIpc) is 3.26. The Kier molecular flexibility index (Phi) is 24.3. The van der Waals surface area contributed by atoms with Crippen LogP contribution in [0.1, 0.15) is 0 Å². The third-order valence-corrected chi connectivity index (χ3v) is 9.54. The first kappa shape index (κ1) is 51.9. The molecule has 0 aliphatic heterocycles. The first-order chi connectivity index (χ1) is 30.2. The van der Waals surface area contributed by atoms with E-state index in [1.807, 2.05) is 103 Å². The molecule has 344 valence electrons. The second-order valence-electron chi connectivity index (χ2n) is 15.5. The summed E-state index contributed by atoms with van der Waals surface area (Å²) in [4.78, 5) is 0. The van der Waals surface area contributed by atoms with E-state index in [0.717, 1.165) is 40.0 Å². The fourth-order valence-electron chi connectivity index (χ4n) is 7.06. The molecule has 0 saturated carbocycles. The Balaban J connectivity index is 0.000000356. The summed E-state index contributed by atoms with van der Waals surface area (Å²) in [5.41, 5.74) is 2.62. The molecule has 0 aliphatic carbocycles. The van der Waals surface area contributed by atoms with Crippen LogP contribution in [-0.2, 0) is 42.6 Å². The van der Waals surface area contributed by atoms with E-state index in [-0.39, 0.29) is 5.41 Å². The van der Waals surface area contributed by atoms with E-state index in [2.05, 4.69) is 10.6 Å². The third-order valence-electron chi connectivity index (χ3n) is 9.54. The highest BCUT2D eigenvalue weighted by Crippen LogP contribution is 2.29. The molecule has 4 rings (SSSR count). The summed E-state index contributed by atoms with van der Waals surface area (Å²) in [7, 11) is 15.0. The quantitative estimate of drug-likeness (QED) is 0.0510. The Hall–Kier alpha value is -4.48. The molecule has 0 bridgehead atoms. The van der Waals surface area contributed by atoms with Crippen LogP contribution < -0.4 is 24.8 Å². The van der Waals surface area contributed by atoms with Gasteiger partial charge in [-0.25, -0.2) is 0 Å². The summed E-state index contributed by atoms with van der Waals surface area (Å²) in [6.45, 7) is 5.46. The van der Waals surface area contributed by atoms with Gasteiger partial charge in [-0.15, -0.1) is 0 Å². The van der Waals surface area contributed by atoms with Gasteiger partial charge in [-0.1, -0.05) is 36.4 Å². The van der Waals surface area contributed by atoms with Crippen LogP contribution in [0.15, 0.2) is 103 Å². The number of benzene rings is 4. The molecule has 0 unspecified atom stereocenters. The SMILES string of the molecule is COCC(COC)(COC)COc1cccc(Nc2cccc(OCC(COC)(COC)COC)c2)c1.COCC(COC)(COC)COc1cccc(Nc2ccccc2)c1. The van der Waals surface area contributed by atoms with Crippen molar-refractivity contribution in [1.29, 1.82) is 0 Å². The van der Waals surface area contributed by atoms with Crippen LogP contribution in [0, 0.1) is 16.2 Å². The van der Waals surface area contributed by atoms with Crippen molar-refractivity contribution in [3.63, 3.8) is 0 Å². The molecule has 14 nitrogen and oxygen atoms in total. The standard InChI is InChI=1S/C28H43NO8.C20H27NO4/c1-30-15-27(16-31-2,17-32-3)21-36-25-11-7-9-23(13-25)29-24-10-8-12-26(14-24)37-22-28(18-33-4,19-34-5)20-35-6;1-22-13-20(14-23-2,15-24-3)16-25-19-11-7-10-18(12-19)21-17-8-5-4-6-9-17/h7-14,29H,15-22H2,1-6H3;4-12,21H,13-16H2,1-3H3. The molecule has 4 aromatic carbocycles. The maximum atomic E-state index is 6.14. The molecular formula is C48H70N2O12. The fraction of sp³-hybridized carbons (Fsp3) is 0.500. The first-order valence-corrected chi connectivity index (χ1v) is 20.4. The van der Waals surface area contributed by atoms with Crippen molar-refractivity contribution in [2.45, 2.75) is 0 Å². The molecule has 0 saturated heterocycles. The Morgan fingerprint density at radius 1 is 0.290 bits per heavy atom. The van der Waals surface area contributed by atoms with Gasteiger partial charge in [0.15, 0.2) is 0 Å². The Bertz CT molecular complexity index is 1640. The summed E-state index contributed by atoms with van der Waals surface area (Å²) >= 11 is 0. The van der Waals surface area contributed by atoms with Crippen LogP contribution in [0.2, 0.25) is 0 Å². The lowest BCUT2D eigenvalue weighted by atomic mass is 9.92. The lowest BCUT2D eigenvalue weighted by molar-refractivity contribution is -0.0615. The largest absolute Gasteiger partial charge is 0.493 e. The number of ether oxygens (including phenoxy) is 12. The summed E-state index contributed by atoms with van der Waals surface area (Å²) in [6, 6.07) is 33.5. The van der Waals surface area contributed by atoms with Crippen LogP contribution in [0.25, 0.3) is 0 Å². The molecule has 14 heteroatoms. The van der Waals surface area contributed by atoms with Crippen molar-refractivity contribution < 1.29 is 56.8 Å². The summed E-state index contributed by atoms with van der Waals surface area (Å²) < 4.78 is 66.8. The first-order valence-electron chi connectivity index (χ1n) is 20.4. The van der Waals surface area contributed by atoms with Crippen molar-refractivity contribution >= 4 is 22.7 Å². The van der Waals surface area contributed by atoms with Crippen molar-refractivity contribution in [3.8, 4) is 17.2 Å². The molecule has 0 radical (unpaired) electrons. The minimum absolute atomic E-state index is 0.346. The van der Waals surface area contributed by atoms with E-state index < -0.39 is 10.8 Å². The third kappa shape index (κ3) is 18.1. The van der Waals surface area contributed by atoms with Gasteiger partial charge < -0.3 is 67.5 Å². The zero-order chi connectivity index (χ0) is 44.9. The lowest BCUT2D eigenvalue weighted by Crippen LogP contribution is -2.41. The topological polar surface area (TPSA) is 135 Å². The highest BCUT2D eigenvalue weighted by atomic mass is 16.5. The molecule has 62 heavy (non-hydrogen) atoms. The van der Waals surface area contributed by atoms with Crippen LogP contribution >= 0.6 is 0 Å². The molecule has 0 aliphatic rings. The zero-order valence-electron chi connectivity index (χ0n) is 38.2. The molecule has 2 N–H and O–H groups in total. The van der Waals surface area contributed by atoms with Gasteiger partial charge in [-0.2, -0.15) is 0 Å². The second-order valence-corrected chi connectivity index (χ2v) is 15.5. The van der Waals surface area contributed by atoms with Crippen molar-refractivity contribution in [2.75, 3.05) is 154 Å². The van der Waals surface area contributed by atoms with E-state index >= 15 is 0 Å². The van der Waals surface area contributed by atoms with Crippen LogP contribution in [0.5, 0.6) is 17.2 Å². The predicted molar refractivity (Wildman–Crippen MR) is 243 cm³/mol. The van der Waals surface area contributed by atoms with Crippen LogP contribution in [0.3, 0.4) is 0 Å². The van der Waals surface area contributed by atoms with Gasteiger partial charge >= 0.3 is 0 Å². The van der Waals surface area contributed by atoms with Crippen molar-refractivity contribution in [2.24, 2.45) is 16.2 Å². The predicted octanol–water partition coefficient (Wildman–Crippen LogP) is 7.77. The van der Waals surface area contributed by atoms with E-state index in [1.165, 1.54) is 0 Å². The van der Waals surface area contributed by atoms with E-state index in [9.17, 15) is 0 Å². The molecule has 0 spiro atoms. The second kappa shape index (κ2) is 29.0. The van der Waals surface area contributed by atoms with Gasteiger partial charge in [0.05, 0.1) is 75.7 Å². The highest BCUT2D eigenvalue weighted by Gasteiger charge is 2.34. The van der Waals surface area contributed by atoms with Gasteiger partial charge in [0.1, 0.15) is 37.1 Å². The van der Waals surface area contributed by atoms with E-state index in [1.54, 1.807) is 64.0 Å². The zero-order valence-corrected chi connectivity index (χ0v) is 38.2. The van der Waals surface area contributed by atoms with Gasteiger partial charge in [0, 0.05) is 105 Å². The average molecular weight is 867 g/mol. The number of hydrogen-bond acceptors (Lipinski definition) is 14. The van der Waals surface area contributed by atoms with E-state index in [4.69, 9.17) is 56.8 Å². The minimum Gasteiger partial charge on any atom is -0.493 e. The monoisotopic (exact) mass is 866 g/mol. The minimum atomic E-state index is -0.406. The number of nitrogens with one attached hydrogen (secondary N) is 2. The Morgan fingerprint density at radius 3 is 0.790 bits per heavy atom. The smallest absolute Gasteiger partial charge is 0.121 e. The molecule has 0 heterocycles. The maximum absolute atomic E-state index is 6.14. The molecule has 0 atom stereocenters. The van der Waals surface area contributed by atoms with Crippen molar-refractivity contribution in [1.82, 2.24) is 0 Å². The number of hydrogen-bond donors (Lipinski definition) is 2. The maximum Gasteiger partial charge on any atom is 0.121 e. The molecule has 0 amide bonds. The Labute approximate surface area is 369 Å². The molecule has 0 fully saturated rings. The van der Waals surface area contributed by atoms with Gasteiger partial charge in [0.25, 0.3) is 0 Å². The molecule has 4 aromatic rings. The fourth-order valence-corrected chi connectivity index (χ4v) is 7.06. The molecule has 0 aromatic heterocycles. The van der Waals surface area contributed by atoms with Gasteiger partial charge in [-0.05, 0) is 48.5 Å². The number of methoxy groups -OCH3 is 9. The Morgan fingerprint density at radius 2 is 0.532 bits per heavy atom. The summed E-state index contributed by atoms with van der Waals surface area (Å²) in [6.07, 6.45) is 0. The van der Waals surface area contributed by atoms with Crippen LogP contribution in [-0.4, -0.2) is 143 Å². The number of rotatable bonds is 31. The summed E-state index contributed by atoms with van der Waals surface area (Å²) in [5, 5.41) is 6.78. The number of anilines is 4. The van der Waals surface area contributed by atoms with Crippen LogP contribution in [0.4, 0.5) is 22.7 Å². The highest BCUT2D eigenvalue weighted by molar-refractivity contribution is 5.63. The van der Waals surface area contributed by atoms with Gasteiger partial charge in [0.2, 0.25) is 0 Å². The lowest BCUT2D eigenvalue weighted by Gasteiger charge is -2.31. The number of para-hydroxylation sites is 1. The summed E-state index contributed by atoms with van der Waals surface area (Å²) in [5.74, 6) is 2.25. The van der Waals surface area contributed by atoms with Crippen molar-refractivity contribution in [3.05, 3.63) is 103 Å². The van der Waals surface area contributed by atoms with Gasteiger partial charge in [-0.3, -0.25) is 0 Å². The normalized spacial score (nSPS) is 11.7.